The Morgan fingerprint density at radius 2 is 0.818 bits per heavy atom. The zero-order chi connectivity index (χ0) is 38.8. The minimum absolute atomic E-state index is 0.0516. The van der Waals surface area contributed by atoms with Crippen molar-refractivity contribution in [1.82, 2.24) is 4.98 Å². The van der Waals surface area contributed by atoms with Crippen LogP contribution in [0.2, 0.25) is 0 Å². The molecule has 0 aliphatic carbocycles. The maximum absolute atomic E-state index is 5.60. The standard InChI is InChI=1S/C53H53NSi/c1-51(2,3)38-20-26-41(27-21-38)55(42-28-22-39(23-29-42)52(4,5)6,43-30-24-40(25-31-43)53(7,8)9)44-32-34-46-48(35-44)54-50(37-16-11-10-12-17-37)47-33-19-36-15-13-14-18-45(36)49(46)47/h10-35H,1-9H3. The molecule has 0 amide bonds. The van der Waals surface area contributed by atoms with Gasteiger partial charge < -0.3 is 0 Å². The number of rotatable bonds is 5. The van der Waals surface area contributed by atoms with Gasteiger partial charge in [0, 0.05) is 21.7 Å². The molecule has 1 aromatic heterocycles. The molecule has 0 spiro atoms. The maximum atomic E-state index is 5.60. The first kappa shape index (κ1) is 36.7. The van der Waals surface area contributed by atoms with Gasteiger partial charge in [-0.2, -0.15) is 0 Å². The van der Waals surface area contributed by atoms with Crippen molar-refractivity contribution in [2.45, 2.75) is 78.6 Å². The van der Waals surface area contributed by atoms with Gasteiger partial charge in [0.05, 0.1) is 11.2 Å². The van der Waals surface area contributed by atoms with Gasteiger partial charge in [0.25, 0.3) is 0 Å². The zero-order valence-corrected chi connectivity index (χ0v) is 35.0. The van der Waals surface area contributed by atoms with E-state index in [1.54, 1.807) is 0 Å². The van der Waals surface area contributed by atoms with Gasteiger partial charge in [-0.05, 0) is 70.5 Å². The van der Waals surface area contributed by atoms with E-state index in [4.69, 9.17) is 4.98 Å². The summed E-state index contributed by atoms with van der Waals surface area (Å²) in [6, 6.07) is 60.1. The van der Waals surface area contributed by atoms with E-state index < -0.39 is 8.07 Å². The third-order valence-electron chi connectivity index (χ3n) is 11.7. The van der Waals surface area contributed by atoms with E-state index in [-0.39, 0.29) is 16.2 Å². The molecule has 8 aromatic rings. The third-order valence-corrected chi connectivity index (χ3v) is 16.5. The highest BCUT2D eigenvalue weighted by Crippen LogP contribution is 2.37. The number of nitrogens with zero attached hydrogens (tertiary/aromatic N) is 1. The van der Waals surface area contributed by atoms with Crippen LogP contribution in [0.25, 0.3) is 43.7 Å². The van der Waals surface area contributed by atoms with Gasteiger partial charge in [0.15, 0.2) is 8.07 Å². The second kappa shape index (κ2) is 13.5. The summed E-state index contributed by atoms with van der Waals surface area (Å²) < 4.78 is 0. The molecule has 0 N–H and O–H groups in total. The first-order chi connectivity index (χ1) is 26.2. The summed E-state index contributed by atoms with van der Waals surface area (Å²) in [7, 11) is -2.92. The van der Waals surface area contributed by atoms with Gasteiger partial charge in [0.2, 0.25) is 0 Å². The molecule has 0 saturated heterocycles. The molecule has 2 heteroatoms. The average Bonchev–Trinajstić information content (AvgIpc) is 3.17. The molecule has 0 fully saturated rings. The van der Waals surface area contributed by atoms with Gasteiger partial charge in [0.1, 0.15) is 0 Å². The summed E-state index contributed by atoms with van der Waals surface area (Å²) in [5.74, 6) is 0. The van der Waals surface area contributed by atoms with Crippen molar-refractivity contribution >= 4 is 61.3 Å². The number of aromatic nitrogens is 1. The molecule has 0 atom stereocenters. The highest BCUT2D eigenvalue weighted by atomic mass is 28.3. The summed E-state index contributed by atoms with van der Waals surface area (Å²) in [6.07, 6.45) is 0. The van der Waals surface area contributed by atoms with Gasteiger partial charge >= 0.3 is 0 Å². The fourth-order valence-corrected chi connectivity index (χ4v) is 13.2. The van der Waals surface area contributed by atoms with Crippen LogP contribution in [-0.2, 0) is 16.2 Å². The van der Waals surface area contributed by atoms with Crippen molar-refractivity contribution in [2.75, 3.05) is 0 Å². The van der Waals surface area contributed by atoms with Crippen LogP contribution in [0.5, 0.6) is 0 Å². The van der Waals surface area contributed by atoms with E-state index in [1.165, 1.54) is 64.4 Å². The van der Waals surface area contributed by atoms with E-state index in [0.29, 0.717) is 0 Å². The van der Waals surface area contributed by atoms with Crippen molar-refractivity contribution in [3.63, 3.8) is 0 Å². The lowest BCUT2D eigenvalue weighted by molar-refractivity contribution is 0.590. The highest BCUT2D eigenvalue weighted by Gasteiger charge is 2.42. The molecule has 8 rings (SSSR count). The van der Waals surface area contributed by atoms with E-state index in [2.05, 4.69) is 220 Å². The topological polar surface area (TPSA) is 12.9 Å². The van der Waals surface area contributed by atoms with Crippen LogP contribution in [0.4, 0.5) is 0 Å². The molecule has 1 heterocycles. The van der Waals surface area contributed by atoms with Crippen molar-refractivity contribution < 1.29 is 0 Å². The molecule has 7 aromatic carbocycles. The number of pyridine rings is 1. The molecular formula is C53H53NSi. The lowest BCUT2D eigenvalue weighted by atomic mass is 9.87. The Labute approximate surface area is 329 Å². The van der Waals surface area contributed by atoms with Crippen LogP contribution in [-0.4, -0.2) is 13.1 Å². The predicted octanol–water partition coefficient (Wildman–Crippen LogP) is 11.5. The lowest BCUT2D eigenvalue weighted by Crippen LogP contribution is -2.74. The Balaban J connectivity index is 1.50. The minimum atomic E-state index is -2.92. The van der Waals surface area contributed by atoms with Crippen molar-refractivity contribution in [3.8, 4) is 11.3 Å². The van der Waals surface area contributed by atoms with Gasteiger partial charge in [-0.25, -0.2) is 4.98 Å². The number of hydrogen-bond donors (Lipinski definition) is 0. The van der Waals surface area contributed by atoms with E-state index in [1.807, 2.05) is 0 Å². The summed E-state index contributed by atoms with van der Waals surface area (Å²) in [4.78, 5) is 5.60. The van der Waals surface area contributed by atoms with Crippen LogP contribution in [0.3, 0.4) is 0 Å². The molecular weight excluding hydrogens is 679 g/mol. The summed E-state index contributed by atoms with van der Waals surface area (Å²) in [5.41, 5.74) is 7.37. The molecule has 0 radical (unpaired) electrons. The van der Waals surface area contributed by atoms with Crippen LogP contribution < -0.4 is 20.7 Å². The number of fused-ring (bicyclic) bond motifs is 5. The van der Waals surface area contributed by atoms with E-state index >= 15 is 0 Å². The Hall–Kier alpha value is -5.31. The highest BCUT2D eigenvalue weighted by molar-refractivity contribution is 7.20. The largest absolute Gasteiger partial charge is 0.247 e. The quantitative estimate of drug-likeness (QED) is 0.0976. The van der Waals surface area contributed by atoms with Crippen LogP contribution >= 0.6 is 0 Å². The van der Waals surface area contributed by atoms with Gasteiger partial charge in [-0.3, -0.25) is 0 Å². The maximum Gasteiger partial charge on any atom is 0.179 e. The first-order valence-electron chi connectivity index (χ1n) is 19.8. The van der Waals surface area contributed by atoms with Crippen LogP contribution in [0.15, 0.2) is 158 Å². The zero-order valence-electron chi connectivity index (χ0n) is 34.0. The molecule has 0 saturated carbocycles. The minimum Gasteiger partial charge on any atom is -0.247 e. The Kier molecular flexibility index (Phi) is 8.97. The summed E-state index contributed by atoms with van der Waals surface area (Å²) in [5, 5.41) is 11.6. The summed E-state index contributed by atoms with van der Waals surface area (Å²) >= 11 is 0. The monoisotopic (exact) mass is 731 g/mol. The SMILES string of the molecule is CC(C)(C)c1ccc([Si](c2ccc(C(C)(C)C)cc2)(c2ccc(C(C)(C)C)cc2)c2ccc3c(c2)nc(-c2ccccc2)c2ccc4ccccc4c23)cc1. The molecule has 0 unspecified atom stereocenters. The van der Waals surface area contributed by atoms with Crippen molar-refractivity contribution in [1.29, 1.82) is 0 Å². The summed E-state index contributed by atoms with van der Waals surface area (Å²) in [6.45, 7) is 20.7. The van der Waals surface area contributed by atoms with Crippen LogP contribution in [0.1, 0.15) is 79.0 Å². The molecule has 55 heavy (non-hydrogen) atoms. The van der Waals surface area contributed by atoms with Crippen molar-refractivity contribution in [3.05, 3.63) is 174 Å². The van der Waals surface area contributed by atoms with Gasteiger partial charge in [-0.15, -0.1) is 0 Å². The van der Waals surface area contributed by atoms with Crippen LogP contribution in [0, 0.1) is 0 Å². The lowest BCUT2D eigenvalue weighted by Gasteiger charge is -2.36. The van der Waals surface area contributed by atoms with E-state index in [9.17, 15) is 0 Å². The molecule has 274 valence electrons. The molecule has 0 bridgehead atoms. The van der Waals surface area contributed by atoms with Gasteiger partial charge in [-0.1, -0.05) is 214 Å². The third kappa shape index (κ3) is 6.51. The Morgan fingerprint density at radius 1 is 0.382 bits per heavy atom. The van der Waals surface area contributed by atoms with Crippen molar-refractivity contribution in [2.24, 2.45) is 0 Å². The second-order valence-corrected chi connectivity index (χ2v) is 22.3. The molecule has 1 nitrogen and oxygen atoms in total. The Morgan fingerprint density at radius 3 is 1.31 bits per heavy atom. The van der Waals surface area contributed by atoms with E-state index in [0.717, 1.165) is 16.8 Å². The molecule has 0 aliphatic rings. The molecule has 0 aliphatic heterocycles. The second-order valence-electron chi connectivity index (χ2n) is 18.5. The number of hydrogen-bond acceptors (Lipinski definition) is 1. The Bertz CT molecular complexity index is 2510. The number of benzene rings is 7. The smallest absolute Gasteiger partial charge is 0.179 e. The first-order valence-corrected chi connectivity index (χ1v) is 21.8. The predicted molar refractivity (Wildman–Crippen MR) is 242 cm³/mol. The normalized spacial score (nSPS) is 12.8. The average molecular weight is 732 g/mol. The fourth-order valence-electron chi connectivity index (χ4n) is 8.49. The fraction of sp³-hybridized carbons (Fsp3) is 0.226.